The Morgan fingerprint density at radius 2 is 1.97 bits per heavy atom. The van der Waals surface area contributed by atoms with Gasteiger partial charge >= 0.3 is 5.97 Å². The highest BCUT2D eigenvalue weighted by Gasteiger charge is 2.29. The third kappa shape index (κ3) is 6.71. The van der Waals surface area contributed by atoms with E-state index in [1.807, 2.05) is 4.90 Å². The first-order valence-corrected chi connectivity index (χ1v) is 14.0. The number of imidazole rings is 1. The van der Waals surface area contributed by atoms with Gasteiger partial charge in [-0.1, -0.05) is 13.8 Å². The summed E-state index contributed by atoms with van der Waals surface area (Å²) in [7, 11) is -3.78. The summed E-state index contributed by atoms with van der Waals surface area (Å²) >= 11 is 0. The molecule has 0 aliphatic carbocycles. The van der Waals surface area contributed by atoms with E-state index >= 15 is 0 Å². The number of hydrogen-bond donors (Lipinski definition) is 4. The fourth-order valence-corrected chi connectivity index (χ4v) is 6.07. The lowest BCUT2D eigenvalue weighted by Crippen LogP contribution is -2.48. The first-order valence-electron chi connectivity index (χ1n) is 12.4. The number of anilines is 1. The van der Waals surface area contributed by atoms with Crippen LogP contribution in [0.2, 0.25) is 0 Å². The number of amides is 1. The number of nitrogens with zero attached hydrogens (tertiary/aromatic N) is 6. The number of carboxylic acid groups (broad SMARTS) is 1. The van der Waals surface area contributed by atoms with Crippen LogP contribution in [0.3, 0.4) is 0 Å². The molecule has 2 aromatic heterocycles. The number of aromatic nitrogens is 4. The highest BCUT2D eigenvalue weighted by atomic mass is 32.2. The van der Waals surface area contributed by atoms with E-state index in [2.05, 4.69) is 35.3 Å². The zero-order chi connectivity index (χ0) is 26.6. The Morgan fingerprint density at radius 3 is 2.62 bits per heavy atom. The monoisotopic (exact) mass is 535 g/mol. The second-order valence-corrected chi connectivity index (χ2v) is 11.5. The number of aliphatic carboxylic acids is 1. The average molecular weight is 536 g/mol. The lowest BCUT2D eigenvalue weighted by atomic mass is 9.96. The van der Waals surface area contributed by atoms with Gasteiger partial charge < -0.3 is 19.9 Å². The molecule has 0 aromatic carbocycles. The van der Waals surface area contributed by atoms with E-state index in [-0.39, 0.29) is 30.0 Å². The number of fused-ring (bicyclic) bond motifs is 1. The Labute approximate surface area is 215 Å². The molecule has 14 nitrogen and oxygen atoms in total. The number of piperidine rings is 1. The van der Waals surface area contributed by atoms with Crippen molar-refractivity contribution in [2.45, 2.75) is 45.7 Å². The second kappa shape index (κ2) is 11.4. The van der Waals surface area contributed by atoms with Crippen molar-refractivity contribution in [2.24, 2.45) is 16.8 Å². The molecule has 1 atom stereocenters. The van der Waals surface area contributed by atoms with E-state index < -0.39 is 22.0 Å². The predicted octanol–water partition coefficient (Wildman–Crippen LogP) is -0.463. The maximum Gasteiger partial charge on any atom is 0.323 e. The van der Waals surface area contributed by atoms with Gasteiger partial charge in [-0.05, 0) is 25.2 Å². The number of sulfonamides is 1. The van der Waals surface area contributed by atoms with Crippen LogP contribution in [0.4, 0.5) is 5.82 Å². The Balaban J connectivity index is 1.43. The van der Waals surface area contributed by atoms with Crippen molar-refractivity contribution in [3.05, 3.63) is 12.7 Å². The van der Waals surface area contributed by atoms with E-state index in [4.69, 9.17) is 0 Å². The molecule has 2 aliphatic heterocycles. The largest absolute Gasteiger partial charge is 0.480 e. The minimum atomic E-state index is -3.78. The van der Waals surface area contributed by atoms with Crippen LogP contribution in [-0.2, 0) is 26.2 Å². The summed E-state index contributed by atoms with van der Waals surface area (Å²) in [4.78, 5) is 43.8. The number of guanidine groups is 1. The zero-order valence-corrected chi connectivity index (χ0v) is 21.7. The molecule has 0 saturated carbocycles. The number of hydrogen-bond acceptors (Lipinski definition) is 10. The Morgan fingerprint density at radius 1 is 1.22 bits per heavy atom. The average Bonchev–Trinajstić information content (AvgIpc) is 3.26. The van der Waals surface area contributed by atoms with E-state index in [1.165, 1.54) is 17.2 Å². The van der Waals surface area contributed by atoms with Crippen LogP contribution in [0.25, 0.3) is 11.2 Å². The van der Waals surface area contributed by atoms with Gasteiger partial charge in [0.15, 0.2) is 22.9 Å². The van der Waals surface area contributed by atoms with Gasteiger partial charge in [0.2, 0.25) is 15.9 Å². The Hall–Kier alpha value is -3.33. The van der Waals surface area contributed by atoms with Crippen molar-refractivity contribution in [3.63, 3.8) is 0 Å². The summed E-state index contributed by atoms with van der Waals surface area (Å²) in [5.41, 5.74) is 0.890. The summed E-state index contributed by atoms with van der Waals surface area (Å²) in [6.45, 7) is 5.98. The number of rotatable bonds is 9. The quantitative estimate of drug-likeness (QED) is 0.327. The standard InChI is InChI=1S/C22H33N9O5S/c1-14(2)11-37(35,36)29-16(21(33)34)10-31-13-27-17-18(25-12-26-19(17)31)30-8-4-15(5-9-30)20(32)28-22-23-6-3-7-24-22/h12-16,29H,3-11H2,1-2H3,(H,33,34)(H2,23,24,28,32)/t16-/m0/s1. The highest BCUT2D eigenvalue weighted by Crippen LogP contribution is 2.27. The van der Waals surface area contributed by atoms with Gasteiger partial charge in [0.1, 0.15) is 12.4 Å². The lowest BCUT2D eigenvalue weighted by Gasteiger charge is -2.32. The predicted molar refractivity (Wildman–Crippen MR) is 137 cm³/mol. The molecular formula is C22H33N9O5S. The number of aliphatic imine (C=N–C) groups is 1. The topological polar surface area (TPSA) is 184 Å². The molecule has 37 heavy (non-hydrogen) atoms. The maximum absolute atomic E-state index is 12.7. The summed E-state index contributed by atoms with van der Waals surface area (Å²) in [5.74, 6) is -0.687. The Kier molecular flexibility index (Phi) is 8.22. The first-order chi connectivity index (χ1) is 17.6. The smallest absolute Gasteiger partial charge is 0.323 e. The van der Waals surface area contributed by atoms with E-state index in [1.54, 1.807) is 13.8 Å². The molecule has 4 heterocycles. The SMILES string of the molecule is CC(C)CS(=O)(=O)N[C@@H](Cn1cnc2c(N3CCC(C(=O)NC4=NCCCN4)CC3)ncnc21)C(=O)O. The summed E-state index contributed by atoms with van der Waals surface area (Å²) < 4.78 is 28.4. The van der Waals surface area contributed by atoms with Crippen molar-refractivity contribution in [1.29, 1.82) is 0 Å². The molecular weight excluding hydrogens is 502 g/mol. The third-order valence-corrected chi connectivity index (χ3v) is 7.99. The molecule has 0 radical (unpaired) electrons. The van der Waals surface area contributed by atoms with E-state index in [0.29, 0.717) is 55.4 Å². The highest BCUT2D eigenvalue weighted by molar-refractivity contribution is 7.89. The summed E-state index contributed by atoms with van der Waals surface area (Å²) in [6.07, 6.45) is 5.02. The molecule has 2 aliphatic rings. The van der Waals surface area contributed by atoms with Crippen molar-refractivity contribution in [2.75, 3.05) is 36.8 Å². The van der Waals surface area contributed by atoms with Gasteiger partial charge in [-0.25, -0.2) is 23.4 Å². The molecule has 1 saturated heterocycles. The second-order valence-electron chi connectivity index (χ2n) is 9.71. The van der Waals surface area contributed by atoms with Gasteiger partial charge in [0.25, 0.3) is 0 Å². The Bertz CT molecular complexity index is 1270. The van der Waals surface area contributed by atoms with Crippen molar-refractivity contribution >= 4 is 44.8 Å². The minimum absolute atomic E-state index is 0.0513. The number of carbonyl (C=O) groups excluding carboxylic acids is 1. The molecule has 4 rings (SSSR count). The third-order valence-electron chi connectivity index (χ3n) is 6.24. The molecule has 0 unspecified atom stereocenters. The van der Waals surface area contributed by atoms with Crippen LogP contribution in [-0.4, -0.2) is 88.9 Å². The van der Waals surface area contributed by atoms with Gasteiger partial charge in [-0.15, -0.1) is 0 Å². The molecule has 2 aromatic rings. The fraction of sp³-hybridized carbons (Fsp3) is 0.636. The number of carboxylic acids is 1. The molecule has 1 fully saturated rings. The van der Waals surface area contributed by atoms with Crippen LogP contribution in [0.5, 0.6) is 0 Å². The molecule has 0 spiro atoms. The zero-order valence-electron chi connectivity index (χ0n) is 20.9. The van der Waals surface area contributed by atoms with Crippen molar-refractivity contribution in [3.8, 4) is 0 Å². The molecule has 0 bridgehead atoms. The van der Waals surface area contributed by atoms with Crippen LogP contribution in [0.1, 0.15) is 33.1 Å². The molecule has 1 amide bonds. The van der Waals surface area contributed by atoms with Crippen molar-refractivity contribution in [1.82, 2.24) is 34.9 Å². The van der Waals surface area contributed by atoms with Crippen LogP contribution < -0.4 is 20.3 Å². The first kappa shape index (κ1) is 26.7. The molecule has 202 valence electrons. The van der Waals surface area contributed by atoms with Crippen LogP contribution >= 0.6 is 0 Å². The van der Waals surface area contributed by atoms with Gasteiger partial charge in [0.05, 0.1) is 18.6 Å². The van der Waals surface area contributed by atoms with Gasteiger partial charge in [-0.2, -0.15) is 4.72 Å². The molecule has 4 N–H and O–H groups in total. The summed E-state index contributed by atoms with van der Waals surface area (Å²) in [5, 5.41) is 15.6. The minimum Gasteiger partial charge on any atom is -0.480 e. The van der Waals surface area contributed by atoms with Crippen LogP contribution in [0.15, 0.2) is 17.6 Å². The normalized spacial score (nSPS) is 17.9. The summed E-state index contributed by atoms with van der Waals surface area (Å²) in [6, 6.07) is -1.38. The number of nitrogens with one attached hydrogen (secondary N) is 3. The maximum atomic E-state index is 12.7. The van der Waals surface area contributed by atoms with Crippen LogP contribution in [0, 0.1) is 11.8 Å². The van der Waals surface area contributed by atoms with Gasteiger partial charge in [0, 0.05) is 32.1 Å². The van der Waals surface area contributed by atoms with E-state index in [9.17, 15) is 23.1 Å². The lowest BCUT2D eigenvalue weighted by molar-refractivity contribution is -0.139. The van der Waals surface area contributed by atoms with Crippen molar-refractivity contribution < 1.29 is 23.1 Å². The van der Waals surface area contributed by atoms with E-state index in [0.717, 1.165) is 13.0 Å². The number of carbonyl (C=O) groups is 2. The fourth-order valence-electron chi connectivity index (χ4n) is 4.49. The molecule has 15 heteroatoms. The van der Waals surface area contributed by atoms with Gasteiger partial charge in [-0.3, -0.25) is 19.9 Å².